The Morgan fingerprint density at radius 2 is 1.50 bits per heavy atom. The molecule has 2 aliphatic heterocycles. The lowest BCUT2D eigenvalue weighted by molar-refractivity contribution is -0.944. The third kappa shape index (κ3) is 3.09. The lowest BCUT2D eigenvalue weighted by Crippen LogP contribution is -2.57. The molecule has 1 unspecified atom stereocenters. The van der Waals surface area contributed by atoms with Gasteiger partial charge in [0, 0.05) is 25.7 Å². The van der Waals surface area contributed by atoms with Crippen molar-refractivity contribution in [1.29, 1.82) is 5.26 Å². The van der Waals surface area contributed by atoms with Crippen LogP contribution in [0.1, 0.15) is 43.2 Å². The van der Waals surface area contributed by atoms with Gasteiger partial charge >= 0.3 is 0 Å². The molecular weight excluding hydrogens is 340 g/mol. The van der Waals surface area contributed by atoms with Crippen molar-refractivity contribution in [3.8, 4) is 6.07 Å². The number of rotatable bonds is 6. The van der Waals surface area contributed by atoms with E-state index in [1.54, 1.807) is 0 Å². The van der Waals surface area contributed by atoms with Crippen LogP contribution in [0.5, 0.6) is 0 Å². The lowest BCUT2D eigenvalue weighted by atomic mass is 9.67. The normalized spacial score (nSPS) is 29.2. The van der Waals surface area contributed by atoms with Gasteiger partial charge in [0.15, 0.2) is 0 Å². The molecule has 2 heterocycles. The third-order valence-corrected chi connectivity index (χ3v) is 7.55. The van der Waals surface area contributed by atoms with Crippen molar-refractivity contribution in [1.82, 2.24) is 0 Å². The molecule has 2 heteroatoms. The van der Waals surface area contributed by atoms with E-state index in [2.05, 4.69) is 74.3 Å². The molecule has 2 saturated heterocycles. The van der Waals surface area contributed by atoms with Crippen LogP contribution in [0, 0.1) is 17.2 Å². The second-order valence-corrected chi connectivity index (χ2v) is 8.99. The number of fused-ring (bicyclic) bond motifs is 2. The second-order valence-electron chi connectivity index (χ2n) is 8.99. The molecule has 0 aliphatic carbocycles. The Hall–Kier alpha value is -2.37. The fraction of sp³-hybridized carbons (Fsp3) is 0.423. The van der Waals surface area contributed by atoms with Gasteiger partial charge in [-0.3, -0.25) is 0 Å². The van der Waals surface area contributed by atoms with Crippen LogP contribution < -0.4 is 0 Å². The smallest absolute Gasteiger partial charge is 0.107 e. The van der Waals surface area contributed by atoms with Crippen LogP contribution >= 0.6 is 0 Å². The molecule has 2 aromatic carbocycles. The van der Waals surface area contributed by atoms with Crippen molar-refractivity contribution >= 4 is 0 Å². The Kier molecular flexibility index (Phi) is 5.13. The van der Waals surface area contributed by atoms with E-state index in [-0.39, 0.29) is 0 Å². The summed E-state index contributed by atoms with van der Waals surface area (Å²) in [5.74, 6) is 0.591. The maximum absolute atomic E-state index is 10.5. The minimum absolute atomic E-state index is 0.564. The number of quaternary nitrogens is 1. The van der Waals surface area contributed by atoms with Gasteiger partial charge in [-0.15, -0.1) is 0 Å². The first kappa shape index (κ1) is 19.0. The average Bonchev–Trinajstić information content (AvgIpc) is 2.90. The minimum atomic E-state index is -0.564. The van der Waals surface area contributed by atoms with E-state index in [9.17, 15) is 5.26 Å². The van der Waals surface area contributed by atoms with Crippen molar-refractivity contribution in [2.24, 2.45) is 5.92 Å². The summed E-state index contributed by atoms with van der Waals surface area (Å²) in [7, 11) is 2.42. The molecular formula is C26H31N2+. The Bertz CT molecular complexity index is 796. The SMILES string of the molecule is C=CC[N+]1(C)[C@@H]2CC[C@H]1C[C@@H](CC(C#N)(c1ccccc1)c1ccccc1)C2. The maximum Gasteiger partial charge on any atom is 0.107 e. The zero-order chi connectivity index (χ0) is 19.6. The quantitative estimate of drug-likeness (QED) is 0.488. The summed E-state index contributed by atoms with van der Waals surface area (Å²) in [6, 6.07) is 25.0. The van der Waals surface area contributed by atoms with Crippen LogP contribution in [0.25, 0.3) is 0 Å². The molecule has 0 aromatic heterocycles. The van der Waals surface area contributed by atoms with Crippen molar-refractivity contribution in [2.45, 2.75) is 49.6 Å². The molecule has 2 bridgehead atoms. The molecule has 4 atom stereocenters. The van der Waals surface area contributed by atoms with E-state index < -0.39 is 5.41 Å². The van der Waals surface area contributed by atoms with Gasteiger partial charge in [0.05, 0.1) is 31.7 Å². The molecule has 2 aliphatic rings. The summed E-state index contributed by atoms with van der Waals surface area (Å²) < 4.78 is 1.16. The maximum atomic E-state index is 10.5. The van der Waals surface area contributed by atoms with E-state index in [4.69, 9.17) is 0 Å². The minimum Gasteiger partial charge on any atom is -0.318 e. The fourth-order valence-electron chi connectivity index (χ4n) is 6.05. The first-order valence-corrected chi connectivity index (χ1v) is 10.6. The summed E-state index contributed by atoms with van der Waals surface area (Å²) >= 11 is 0. The van der Waals surface area contributed by atoms with Gasteiger partial charge < -0.3 is 4.48 Å². The van der Waals surface area contributed by atoms with Crippen LogP contribution in [0.3, 0.4) is 0 Å². The van der Waals surface area contributed by atoms with Crippen LogP contribution in [-0.4, -0.2) is 30.2 Å². The molecule has 2 nitrogen and oxygen atoms in total. The monoisotopic (exact) mass is 371 g/mol. The summed E-state index contributed by atoms with van der Waals surface area (Å²) in [4.78, 5) is 0. The average molecular weight is 372 g/mol. The van der Waals surface area contributed by atoms with Gasteiger partial charge in [-0.25, -0.2) is 0 Å². The number of nitriles is 1. The highest BCUT2D eigenvalue weighted by atomic mass is 15.4. The molecule has 2 fully saturated rings. The molecule has 2 aromatic rings. The van der Waals surface area contributed by atoms with Gasteiger partial charge in [-0.1, -0.05) is 67.2 Å². The van der Waals surface area contributed by atoms with Crippen molar-refractivity contribution in [3.05, 3.63) is 84.4 Å². The molecule has 28 heavy (non-hydrogen) atoms. The Labute approximate surface area is 169 Å². The van der Waals surface area contributed by atoms with Gasteiger partial charge in [-0.05, 0) is 29.5 Å². The zero-order valence-electron chi connectivity index (χ0n) is 16.9. The highest BCUT2D eigenvalue weighted by Gasteiger charge is 2.52. The topological polar surface area (TPSA) is 23.8 Å². The third-order valence-electron chi connectivity index (χ3n) is 7.55. The summed E-state index contributed by atoms with van der Waals surface area (Å²) in [5.41, 5.74) is 1.70. The number of hydrogen-bond donors (Lipinski definition) is 0. The predicted octanol–water partition coefficient (Wildman–Crippen LogP) is 5.46. The largest absolute Gasteiger partial charge is 0.318 e. The summed E-state index contributed by atoms with van der Waals surface area (Å²) in [6.45, 7) is 5.08. The molecule has 0 amide bonds. The number of nitrogens with zero attached hydrogens (tertiary/aromatic N) is 2. The van der Waals surface area contributed by atoms with Crippen molar-refractivity contribution in [3.63, 3.8) is 0 Å². The molecule has 0 radical (unpaired) electrons. The molecule has 0 saturated carbocycles. The first-order valence-electron chi connectivity index (χ1n) is 10.6. The van der Waals surface area contributed by atoms with Crippen molar-refractivity contribution in [2.75, 3.05) is 13.6 Å². The Morgan fingerprint density at radius 3 is 1.93 bits per heavy atom. The number of piperidine rings is 1. The van der Waals surface area contributed by atoms with Gasteiger partial charge in [-0.2, -0.15) is 5.26 Å². The Balaban J connectivity index is 1.67. The predicted molar refractivity (Wildman–Crippen MR) is 115 cm³/mol. The van der Waals surface area contributed by atoms with Crippen LogP contribution in [0.4, 0.5) is 0 Å². The molecule has 144 valence electrons. The Morgan fingerprint density at radius 1 is 1.00 bits per heavy atom. The molecule has 0 N–H and O–H groups in total. The first-order chi connectivity index (χ1) is 13.6. The highest BCUT2D eigenvalue weighted by molar-refractivity contribution is 5.45. The van der Waals surface area contributed by atoms with E-state index in [1.807, 2.05) is 12.1 Å². The highest BCUT2D eigenvalue weighted by Crippen LogP contribution is 2.48. The zero-order valence-corrected chi connectivity index (χ0v) is 16.9. The van der Waals surface area contributed by atoms with E-state index in [1.165, 1.54) is 25.7 Å². The standard InChI is InChI=1S/C26H31N2/c1-3-16-28(2)24-14-15-25(28)18-21(17-24)19-26(20-27,22-10-6-4-7-11-22)23-12-8-5-9-13-23/h3-13,21,24-25H,1,14-19H2,2H3/q+1/t21-,24+,25-,28?. The molecule has 4 rings (SSSR count). The fourth-order valence-corrected chi connectivity index (χ4v) is 6.05. The van der Waals surface area contributed by atoms with E-state index in [0.717, 1.165) is 28.6 Å². The summed E-state index contributed by atoms with van der Waals surface area (Å²) in [6.07, 6.45) is 8.11. The van der Waals surface area contributed by atoms with Gasteiger partial charge in [0.2, 0.25) is 0 Å². The van der Waals surface area contributed by atoms with Crippen LogP contribution in [0.15, 0.2) is 73.3 Å². The summed E-state index contributed by atoms with van der Waals surface area (Å²) in [5, 5.41) is 10.5. The number of likely N-dealkylation sites (N-methyl/N-ethyl adjacent to an activating group) is 1. The van der Waals surface area contributed by atoms with Gasteiger partial charge in [0.1, 0.15) is 5.41 Å². The van der Waals surface area contributed by atoms with Gasteiger partial charge in [0.25, 0.3) is 0 Å². The molecule has 0 spiro atoms. The van der Waals surface area contributed by atoms with E-state index >= 15 is 0 Å². The van der Waals surface area contributed by atoms with Crippen molar-refractivity contribution < 1.29 is 4.48 Å². The lowest BCUT2D eigenvalue weighted by Gasteiger charge is -2.48. The second kappa shape index (κ2) is 7.57. The van der Waals surface area contributed by atoms with Crippen LogP contribution in [0.2, 0.25) is 0 Å². The number of benzene rings is 2. The van der Waals surface area contributed by atoms with E-state index in [0.29, 0.717) is 18.0 Å². The van der Waals surface area contributed by atoms with Crippen LogP contribution in [-0.2, 0) is 5.41 Å². The number of hydrogen-bond acceptors (Lipinski definition) is 1.